The molecule has 0 aliphatic heterocycles. The van der Waals surface area contributed by atoms with E-state index in [1.807, 2.05) is 12.1 Å². The number of hydrogen-bond donors (Lipinski definition) is 1. The summed E-state index contributed by atoms with van der Waals surface area (Å²) in [6.45, 7) is 0.176. The number of hydrogen-bond acceptors (Lipinski definition) is 2. The Morgan fingerprint density at radius 2 is 1.86 bits per heavy atom. The zero-order valence-electron chi connectivity index (χ0n) is 10.9. The van der Waals surface area contributed by atoms with E-state index in [0.717, 1.165) is 11.6 Å². The summed E-state index contributed by atoms with van der Waals surface area (Å²) in [5, 5.41) is 3.46. The first kappa shape index (κ1) is 15.6. The van der Waals surface area contributed by atoms with Gasteiger partial charge in [0.25, 0.3) is 5.91 Å². The van der Waals surface area contributed by atoms with Gasteiger partial charge in [0.2, 0.25) is 0 Å². The van der Waals surface area contributed by atoms with Gasteiger partial charge in [0.05, 0.1) is 5.02 Å². The van der Waals surface area contributed by atoms with Crippen LogP contribution in [0.2, 0.25) is 10.0 Å². The lowest BCUT2D eigenvalue weighted by Gasteiger charge is -2.09. The van der Waals surface area contributed by atoms with E-state index in [1.165, 1.54) is 12.1 Å². The molecule has 0 aliphatic carbocycles. The van der Waals surface area contributed by atoms with Gasteiger partial charge in [0, 0.05) is 11.6 Å². The van der Waals surface area contributed by atoms with Gasteiger partial charge in [0.1, 0.15) is 11.6 Å². The Bertz CT molecular complexity index is 632. The first-order chi connectivity index (χ1) is 10.0. The Morgan fingerprint density at radius 3 is 2.52 bits per heavy atom. The summed E-state index contributed by atoms with van der Waals surface area (Å²) in [5.74, 6) is -0.496. The highest BCUT2D eigenvalue weighted by Crippen LogP contribution is 2.24. The lowest BCUT2D eigenvalue weighted by atomic mass is 10.2. The number of nitrogens with one attached hydrogen (secondary N) is 1. The minimum absolute atomic E-state index is 0.125. The summed E-state index contributed by atoms with van der Waals surface area (Å²) in [4.78, 5) is 11.7. The first-order valence-corrected chi connectivity index (χ1v) is 6.89. The molecule has 2 aromatic carbocycles. The standard InChI is InChI=1S/C15H12Cl2FNO2/c16-11-3-1-10(2-4-11)8-19-15(20)9-21-14-6-5-12(18)7-13(14)17/h1-7H,8-9H2,(H,19,20). The minimum Gasteiger partial charge on any atom is -0.482 e. The van der Waals surface area contributed by atoms with Crippen molar-refractivity contribution in [2.24, 2.45) is 0 Å². The summed E-state index contributed by atoms with van der Waals surface area (Å²) in [6, 6.07) is 10.9. The maximum Gasteiger partial charge on any atom is 0.258 e. The molecule has 21 heavy (non-hydrogen) atoms. The fourth-order valence-corrected chi connectivity index (χ4v) is 1.94. The molecule has 0 aliphatic rings. The van der Waals surface area contributed by atoms with Gasteiger partial charge < -0.3 is 10.1 Å². The van der Waals surface area contributed by atoms with Crippen LogP contribution in [0.25, 0.3) is 0 Å². The van der Waals surface area contributed by atoms with E-state index >= 15 is 0 Å². The second kappa shape index (κ2) is 7.29. The number of amides is 1. The Morgan fingerprint density at radius 1 is 1.14 bits per heavy atom. The van der Waals surface area contributed by atoms with E-state index in [9.17, 15) is 9.18 Å². The van der Waals surface area contributed by atoms with E-state index in [-0.39, 0.29) is 23.3 Å². The SMILES string of the molecule is O=C(COc1ccc(F)cc1Cl)NCc1ccc(Cl)cc1. The van der Waals surface area contributed by atoms with Crippen molar-refractivity contribution in [1.29, 1.82) is 0 Å². The van der Waals surface area contributed by atoms with Crippen LogP contribution in [0.3, 0.4) is 0 Å². The molecule has 2 aromatic rings. The molecule has 2 rings (SSSR count). The molecule has 0 atom stereocenters. The van der Waals surface area contributed by atoms with E-state index in [1.54, 1.807) is 12.1 Å². The zero-order valence-corrected chi connectivity index (χ0v) is 12.4. The molecule has 1 amide bonds. The highest BCUT2D eigenvalue weighted by molar-refractivity contribution is 6.32. The Balaban J connectivity index is 1.80. The summed E-state index contributed by atoms with van der Waals surface area (Å²) in [5.41, 5.74) is 0.924. The van der Waals surface area contributed by atoms with E-state index in [4.69, 9.17) is 27.9 Å². The lowest BCUT2D eigenvalue weighted by molar-refractivity contribution is -0.123. The predicted octanol–water partition coefficient (Wildman–Crippen LogP) is 3.83. The highest BCUT2D eigenvalue weighted by Gasteiger charge is 2.06. The van der Waals surface area contributed by atoms with Crippen molar-refractivity contribution < 1.29 is 13.9 Å². The molecule has 1 N–H and O–H groups in total. The Hall–Kier alpha value is -1.78. The molecule has 0 saturated carbocycles. The monoisotopic (exact) mass is 327 g/mol. The van der Waals surface area contributed by atoms with Crippen LogP contribution < -0.4 is 10.1 Å². The summed E-state index contributed by atoms with van der Waals surface area (Å²) in [6.07, 6.45) is 0. The normalized spacial score (nSPS) is 10.2. The highest BCUT2D eigenvalue weighted by atomic mass is 35.5. The maximum absolute atomic E-state index is 12.9. The molecular formula is C15H12Cl2FNO2. The molecule has 3 nitrogen and oxygen atoms in total. The topological polar surface area (TPSA) is 38.3 Å². The van der Waals surface area contributed by atoms with E-state index in [2.05, 4.69) is 5.32 Å². The van der Waals surface area contributed by atoms with Crippen molar-refractivity contribution in [2.75, 3.05) is 6.61 Å². The predicted molar refractivity (Wildman–Crippen MR) is 80.2 cm³/mol. The second-order valence-electron chi connectivity index (χ2n) is 4.27. The van der Waals surface area contributed by atoms with Gasteiger partial charge in [-0.1, -0.05) is 35.3 Å². The van der Waals surface area contributed by atoms with Gasteiger partial charge >= 0.3 is 0 Å². The van der Waals surface area contributed by atoms with Gasteiger partial charge in [-0.25, -0.2) is 4.39 Å². The Labute approximate surface area is 131 Å². The molecule has 0 spiro atoms. The lowest BCUT2D eigenvalue weighted by Crippen LogP contribution is -2.28. The van der Waals surface area contributed by atoms with Crippen LogP contribution in [0.1, 0.15) is 5.56 Å². The smallest absolute Gasteiger partial charge is 0.258 e. The van der Waals surface area contributed by atoms with Crippen molar-refractivity contribution in [2.45, 2.75) is 6.54 Å². The third-order valence-corrected chi connectivity index (χ3v) is 3.20. The molecule has 0 heterocycles. The van der Waals surface area contributed by atoms with Crippen LogP contribution in [-0.4, -0.2) is 12.5 Å². The van der Waals surface area contributed by atoms with Gasteiger partial charge in [-0.15, -0.1) is 0 Å². The van der Waals surface area contributed by atoms with Gasteiger partial charge in [-0.3, -0.25) is 4.79 Å². The second-order valence-corrected chi connectivity index (χ2v) is 5.11. The zero-order chi connectivity index (χ0) is 15.2. The molecule has 0 radical (unpaired) electrons. The third-order valence-electron chi connectivity index (χ3n) is 2.66. The van der Waals surface area contributed by atoms with Crippen molar-refractivity contribution in [3.63, 3.8) is 0 Å². The summed E-state index contributed by atoms with van der Waals surface area (Å²) >= 11 is 11.6. The molecule has 0 bridgehead atoms. The van der Waals surface area contributed by atoms with Crippen molar-refractivity contribution in [3.8, 4) is 5.75 Å². The molecular weight excluding hydrogens is 316 g/mol. The van der Waals surface area contributed by atoms with Gasteiger partial charge in [-0.2, -0.15) is 0 Å². The van der Waals surface area contributed by atoms with Crippen molar-refractivity contribution >= 4 is 29.1 Å². The number of benzene rings is 2. The van der Waals surface area contributed by atoms with Crippen molar-refractivity contribution in [1.82, 2.24) is 5.32 Å². The molecule has 0 aromatic heterocycles. The average Bonchev–Trinajstić information content (AvgIpc) is 2.46. The first-order valence-electron chi connectivity index (χ1n) is 6.13. The van der Waals surface area contributed by atoms with E-state index < -0.39 is 5.82 Å². The van der Waals surface area contributed by atoms with Crippen LogP contribution in [0, 0.1) is 5.82 Å². The Kier molecular flexibility index (Phi) is 5.42. The molecule has 0 unspecified atom stereocenters. The molecule has 0 fully saturated rings. The molecule has 110 valence electrons. The van der Waals surface area contributed by atoms with Crippen LogP contribution in [-0.2, 0) is 11.3 Å². The number of carbonyl (C=O) groups is 1. The van der Waals surface area contributed by atoms with Gasteiger partial charge in [-0.05, 0) is 35.9 Å². The van der Waals surface area contributed by atoms with Crippen LogP contribution in [0.5, 0.6) is 5.75 Å². The summed E-state index contributed by atoms with van der Waals surface area (Å²) in [7, 11) is 0. The number of ether oxygens (including phenoxy) is 1. The van der Waals surface area contributed by atoms with Crippen LogP contribution in [0.15, 0.2) is 42.5 Å². The number of carbonyl (C=O) groups excluding carboxylic acids is 1. The van der Waals surface area contributed by atoms with E-state index in [0.29, 0.717) is 11.6 Å². The van der Waals surface area contributed by atoms with Crippen LogP contribution in [0.4, 0.5) is 4.39 Å². The number of rotatable bonds is 5. The molecule has 6 heteroatoms. The maximum atomic E-state index is 12.9. The minimum atomic E-state index is -0.459. The number of halogens is 3. The fourth-order valence-electron chi connectivity index (χ4n) is 1.59. The van der Waals surface area contributed by atoms with Crippen LogP contribution >= 0.6 is 23.2 Å². The molecule has 0 saturated heterocycles. The largest absolute Gasteiger partial charge is 0.482 e. The van der Waals surface area contributed by atoms with Crippen molar-refractivity contribution in [3.05, 3.63) is 63.9 Å². The van der Waals surface area contributed by atoms with Gasteiger partial charge in [0.15, 0.2) is 6.61 Å². The summed E-state index contributed by atoms with van der Waals surface area (Å²) < 4.78 is 18.1. The fraction of sp³-hybridized carbons (Fsp3) is 0.133. The third kappa shape index (κ3) is 4.92. The quantitative estimate of drug-likeness (QED) is 0.906. The average molecular weight is 328 g/mol.